The van der Waals surface area contributed by atoms with E-state index in [1.165, 1.54) is 13.2 Å². The number of hydrogen-bond acceptors (Lipinski definition) is 4. The summed E-state index contributed by atoms with van der Waals surface area (Å²) < 4.78 is 4.97. The molecule has 4 heteroatoms. The fourth-order valence-electron chi connectivity index (χ4n) is 1.73. The Labute approximate surface area is 107 Å². The van der Waals surface area contributed by atoms with Gasteiger partial charge in [0.25, 0.3) is 0 Å². The van der Waals surface area contributed by atoms with Crippen molar-refractivity contribution in [1.29, 1.82) is 0 Å². The fourth-order valence-corrected chi connectivity index (χ4v) is 1.73. The number of aromatic hydroxyl groups is 1. The van der Waals surface area contributed by atoms with E-state index in [4.69, 9.17) is 4.74 Å². The van der Waals surface area contributed by atoms with E-state index in [0.29, 0.717) is 12.2 Å². The predicted octanol–water partition coefficient (Wildman–Crippen LogP) is 1.92. The van der Waals surface area contributed by atoms with Gasteiger partial charge in [-0.2, -0.15) is 0 Å². The molecule has 0 saturated carbocycles. The Morgan fingerprint density at radius 3 is 2.61 bits per heavy atom. The number of ketones is 1. The van der Waals surface area contributed by atoms with Gasteiger partial charge in [0.15, 0.2) is 17.3 Å². The maximum atomic E-state index is 11.8. The van der Waals surface area contributed by atoms with Crippen molar-refractivity contribution in [3.8, 4) is 11.5 Å². The van der Waals surface area contributed by atoms with E-state index in [2.05, 4.69) is 0 Å². The van der Waals surface area contributed by atoms with Crippen molar-refractivity contribution in [2.75, 3.05) is 7.11 Å². The zero-order chi connectivity index (χ0) is 13.7. The second-order valence-electron chi connectivity index (χ2n) is 4.79. The molecule has 0 saturated heterocycles. The highest BCUT2D eigenvalue weighted by Gasteiger charge is 2.17. The monoisotopic (exact) mass is 252 g/mol. The summed E-state index contributed by atoms with van der Waals surface area (Å²) in [6, 6.07) is 4.74. The van der Waals surface area contributed by atoms with Crippen molar-refractivity contribution in [3.63, 3.8) is 0 Å². The lowest BCUT2D eigenvalue weighted by atomic mass is 9.98. The minimum Gasteiger partial charge on any atom is -0.504 e. The van der Waals surface area contributed by atoms with Gasteiger partial charge in [0.1, 0.15) is 6.10 Å². The Morgan fingerprint density at radius 2 is 2.06 bits per heavy atom. The summed E-state index contributed by atoms with van der Waals surface area (Å²) in [7, 11) is 1.45. The Morgan fingerprint density at radius 1 is 1.39 bits per heavy atom. The summed E-state index contributed by atoms with van der Waals surface area (Å²) in [6.45, 7) is 3.92. The van der Waals surface area contributed by atoms with Gasteiger partial charge in [-0.15, -0.1) is 0 Å². The summed E-state index contributed by atoms with van der Waals surface area (Å²) in [5, 5.41) is 19.1. The molecule has 0 aliphatic heterocycles. The topological polar surface area (TPSA) is 66.8 Å². The van der Waals surface area contributed by atoms with Gasteiger partial charge in [0.2, 0.25) is 0 Å². The van der Waals surface area contributed by atoms with Gasteiger partial charge >= 0.3 is 0 Å². The molecule has 0 heterocycles. The van der Waals surface area contributed by atoms with Crippen LogP contribution in [0.2, 0.25) is 0 Å². The van der Waals surface area contributed by atoms with Crippen LogP contribution in [0.25, 0.3) is 0 Å². The van der Waals surface area contributed by atoms with Gasteiger partial charge in [-0.05, 0) is 30.0 Å². The second-order valence-corrected chi connectivity index (χ2v) is 4.79. The third-order valence-electron chi connectivity index (χ3n) is 2.69. The molecule has 1 atom stereocenters. The molecule has 0 spiro atoms. The highest BCUT2D eigenvalue weighted by molar-refractivity contribution is 5.85. The minimum absolute atomic E-state index is 0.0384. The van der Waals surface area contributed by atoms with Crippen molar-refractivity contribution in [2.24, 2.45) is 5.92 Å². The molecular weight excluding hydrogens is 232 g/mol. The number of Topliss-reactive ketones (excluding diaryl/α,β-unsaturated/α-hetero) is 1. The number of phenolic OH excluding ortho intramolecular Hbond substituents is 1. The summed E-state index contributed by atoms with van der Waals surface area (Å²) in [4.78, 5) is 11.8. The molecular formula is C14H20O4. The van der Waals surface area contributed by atoms with Crippen LogP contribution in [0.3, 0.4) is 0 Å². The first-order valence-electron chi connectivity index (χ1n) is 6.00. The van der Waals surface area contributed by atoms with Crippen LogP contribution in [-0.4, -0.2) is 29.2 Å². The van der Waals surface area contributed by atoms with Gasteiger partial charge in [-0.25, -0.2) is 0 Å². The standard InChI is InChI=1S/C14H20O4/c1-9(2)6-12(16)13(17)7-10-4-5-11(15)14(8-10)18-3/h4-5,8-9,12,15-16H,6-7H2,1-3H3. The molecule has 2 N–H and O–H groups in total. The highest BCUT2D eigenvalue weighted by Crippen LogP contribution is 2.26. The maximum absolute atomic E-state index is 11.8. The number of ether oxygens (including phenoxy) is 1. The van der Waals surface area contributed by atoms with Crippen LogP contribution in [0.1, 0.15) is 25.8 Å². The lowest BCUT2D eigenvalue weighted by molar-refractivity contribution is -0.127. The number of rotatable bonds is 6. The van der Waals surface area contributed by atoms with Crippen molar-refractivity contribution < 1.29 is 19.7 Å². The molecule has 0 amide bonds. The number of hydrogen-bond donors (Lipinski definition) is 2. The number of aliphatic hydroxyl groups excluding tert-OH is 1. The number of benzene rings is 1. The lowest BCUT2D eigenvalue weighted by Gasteiger charge is -2.12. The zero-order valence-corrected chi connectivity index (χ0v) is 11.0. The third-order valence-corrected chi connectivity index (χ3v) is 2.69. The molecule has 0 radical (unpaired) electrons. The lowest BCUT2D eigenvalue weighted by Crippen LogP contribution is -2.23. The molecule has 0 aliphatic carbocycles. The maximum Gasteiger partial charge on any atom is 0.165 e. The van der Waals surface area contributed by atoms with E-state index < -0.39 is 6.10 Å². The van der Waals surface area contributed by atoms with Crippen LogP contribution < -0.4 is 4.74 Å². The molecule has 1 rings (SSSR count). The molecule has 1 unspecified atom stereocenters. The summed E-state index contributed by atoms with van der Waals surface area (Å²) in [6.07, 6.45) is -0.316. The third kappa shape index (κ3) is 4.04. The van der Waals surface area contributed by atoms with E-state index in [1.807, 2.05) is 13.8 Å². The first-order valence-corrected chi connectivity index (χ1v) is 6.00. The van der Waals surface area contributed by atoms with Crippen molar-refractivity contribution in [3.05, 3.63) is 23.8 Å². The molecule has 4 nitrogen and oxygen atoms in total. The molecule has 0 aliphatic rings. The van der Waals surface area contributed by atoms with Crippen molar-refractivity contribution in [1.82, 2.24) is 0 Å². The van der Waals surface area contributed by atoms with Gasteiger partial charge in [0, 0.05) is 6.42 Å². The van der Waals surface area contributed by atoms with E-state index in [-0.39, 0.29) is 23.9 Å². The summed E-state index contributed by atoms with van der Waals surface area (Å²) in [5.74, 6) is 0.435. The van der Waals surface area contributed by atoms with Crippen LogP contribution in [0, 0.1) is 5.92 Å². The smallest absolute Gasteiger partial charge is 0.165 e. The average Bonchev–Trinajstić information content (AvgIpc) is 2.30. The van der Waals surface area contributed by atoms with Crippen LogP contribution in [0.15, 0.2) is 18.2 Å². The van der Waals surface area contributed by atoms with E-state index in [1.54, 1.807) is 12.1 Å². The number of methoxy groups -OCH3 is 1. The Hall–Kier alpha value is -1.55. The zero-order valence-electron chi connectivity index (χ0n) is 11.0. The highest BCUT2D eigenvalue weighted by atomic mass is 16.5. The van der Waals surface area contributed by atoms with E-state index in [0.717, 1.165) is 5.56 Å². The molecule has 1 aromatic rings. The van der Waals surface area contributed by atoms with Gasteiger partial charge in [-0.3, -0.25) is 4.79 Å². The van der Waals surface area contributed by atoms with Gasteiger partial charge in [-0.1, -0.05) is 19.9 Å². The van der Waals surface area contributed by atoms with Crippen molar-refractivity contribution >= 4 is 5.78 Å². The quantitative estimate of drug-likeness (QED) is 0.811. The molecule has 0 aromatic heterocycles. The average molecular weight is 252 g/mol. The van der Waals surface area contributed by atoms with Crippen LogP contribution in [0.4, 0.5) is 0 Å². The van der Waals surface area contributed by atoms with Crippen molar-refractivity contribution in [2.45, 2.75) is 32.8 Å². The summed E-state index contributed by atoms with van der Waals surface area (Å²) >= 11 is 0. The normalized spacial score (nSPS) is 12.5. The Bertz CT molecular complexity index is 412. The molecule has 18 heavy (non-hydrogen) atoms. The fraction of sp³-hybridized carbons (Fsp3) is 0.500. The minimum atomic E-state index is -0.926. The number of carbonyl (C=O) groups is 1. The van der Waals surface area contributed by atoms with Gasteiger partial charge in [0.05, 0.1) is 7.11 Å². The van der Waals surface area contributed by atoms with Crippen LogP contribution in [0.5, 0.6) is 11.5 Å². The SMILES string of the molecule is COc1cc(CC(=O)C(O)CC(C)C)ccc1O. The van der Waals surface area contributed by atoms with E-state index >= 15 is 0 Å². The molecule has 1 aromatic carbocycles. The molecule has 100 valence electrons. The molecule has 0 fully saturated rings. The van der Waals surface area contributed by atoms with Gasteiger partial charge < -0.3 is 14.9 Å². The number of carbonyl (C=O) groups excluding carboxylic acids is 1. The Balaban J connectivity index is 2.70. The van der Waals surface area contributed by atoms with Crippen LogP contribution >= 0.6 is 0 Å². The first kappa shape index (κ1) is 14.5. The predicted molar refractivity (Wildman–Crippen MR) is 68.8 cm³/mol. The second kappa shape index (κ2) is 6.40. The molecule has 0 bridgehead atoms. The number of phenols is 1. The number of aliphatic hydroxyl groups is 1. The summed E-state index contributed by atoms with van der Waals surface area (Å²) in [5.41, 5.74) is 0.720. The first-order chi connectivity index (χ1) is 8.43. The van der Waals surface area contributed by atoms with Crippen LogP contribution in [-0.2, 0) is 11.2 Å². The van der Waals surface area contributed by atoms with E-state index in [9.17, 15) is 15.0 Å². The largest absolute Gasteiger partial charge is 0.504 e. The Kier molecular flexibility index (Phi) is 5.16.